The molecule has 0 aliphatic heterocycles. The number of allylic oxidation sites excluding steroid dienone is 11. The Balaban J connectivity index is 0.00000118. The van der Waals surface area contributed by atoms with E-state index in [1.165, 1.54) is 16.7 Å². The highest BCUT2D eigenvalue weighted by Crippen LogP contribution is 2.32. The van der Waals surface area contributed by atoms with E-state index in [4.69, 9.17) is 29.4 Å². The zero-order valence-electron chi connectivity index (χ0n) is 25.0. The van der Waals surface area contributed by atoms with Crippen LogP contribution in [0.4, 0.5) is 0 Å². The normalized spacial score (nSPS) is 13.1. The molecule has 0 saturated heterocycles. The lowest BCUT2D eigenvalue weighted by atomic mass is 9.87. The largest absolute Gasteiger partial charge is 0.494 e. The summed E-state index contributed by atoms with van der Waals surface area (Å²) in [5.74, 6) is -0.596. The molecule has 2 aliphatic rings. The highest BCUT2D eigenvalue weighted by molar-refractivity contribution is 5.80. The maximum atomic E-state index is 10.8. The molecule has 0 heterocycles. The molecule has 0 spiro atoms. The number of carbonyl (C=O) groups is 3. The predicted octanol–water partition coefficient (Wildman–Crippen LogP) is 6.66. The van der Waals surface area contributed by atoms with Crippen molar-refractivity contribution in [3.05, 3.63) is 146 Å². The quantitative estimate of drug-likeness (QED) is 0.0349. The van der Waals surface area contributed by atoms with Gasteiger partial charge in [-0.25, -0.2) is 9.59 Å². The fourth-order valence-corrected chi connectivity index (χ4v) is 3.41. The minimum absolute atomic E-state index is 0.225. The number of carboxylic acids is 1. The fraction of sp³-hybridized carbons (Fsp3) is 0.229. The second-order valence-electron chi connectivity index (χ2n) is 8.58. The van der Waals surface area contributed by atoms with E-state index < -0.39 is 18.5 Å². The van der Waals surface area contributed by atoms with Crippen molar-refractivity contribution in [3.63, 3.8) is 0 Å². The summed E-state index contributed by atoms with van der Waals surface area (Å²) < 4.78 is 10.4. The van der Waals surface area contributed by atoms with Crippen molar-refractivity contribution in [2.45, 2.75) is 32.1 Å². The Labute approximate surface area is 259 Å². The zero-order chi connectivity index (χ0) is 33.0. The van der Waals surface area contributed by atoms with Crippen LogP contribution < -0.4 is 0 Å². The van der Waals surface area contributed by atoms with Gasteiger partial charge in [0.1, 0.15) is 18.1 Å². The standard InChI is InChI=1S/C25H28O6.C6H6.C2H4O3.C2H4/c1-4-25(27)31-30-17-5-16-28-20(3)7-6-19(2)21-8-10-22(11-9-21)23-12-14-24(15-13-23)29-18-26;1-2-4-6-5-3-1;3-1-2(4)5;1-2/h4,6-8,10,12,14,18H,1-3,5,9,11,13,15-17H2;1-6H;3H,1H2,(H,4,5);1-2H2/b7-6-;;;. The third kappa shape index (κ3) is 19.2. The number of hydrogen-bond donors (Lipinski definition) is 2. The molecule has 0 amide bonds. The molecule has 0 bridgehead atoms. The Morgan fingerprint density at radius 2 is 1.41 bits per heavy atom. The van der Waals surface area contributed by atoms with E-state index in [1.807, 2.05) is 54.6 Å². The topological polar surface area (TPSA) is 129 Å². The molecular formula is C35H42O9. The first-order valence-corrected chi connectivity index (χ1v) is 13.7. The molecule has 1 aromatic rings. The van der Waals surface area contributed by atoms with Crippen LogP contribution in [0.3, 0.4) is 0 Å². The summed E-state index contributed by atoms with van der Waals surface area (Å²) in [4.78, 5) is 39.5. The smallest absolute Gasteiger partial charge is 0.365 e. The van der Waals surface area contributed by atoms with Crippen molar-refractivity contribution in [2.24, 2.45) is 0 Å². The minimum Gasteiger partial charge on any atom is -0.494 e. The molecule has 9 nitrogen and oxygen atoms in total. The van der Waals surface area contributed by atoms with Crippen molar-refractivity contribution in [1.29, 1.82) is 0 Å². The molecule has 0 saturated carbocycles. The second-order valence-corrected chi connectivity index (χ2v) is 8.58. The van der Waals surface area contributed by atoms with Gasteiger partial charge >= 0.3 is 11.9 Å². The van der Waals surface area contributed by atoms with E-state index in [0.717, 1.165) is 37.3 Å². The Kier molecular flexibility index (Phi) is 22.8. The number of carboxylic acid groups (broad SMARTS) is 1. The van der Waals surface area contributed by atoms with Gasteiger partial charge < -0.3 is 19.7 Å². The number of ether oxygens (including phenoxy) is 2. The van der Waals surface area contributed by atoms with Gasteiger partial charge in [0.25, 0.3) is 6.47 Å². The van der Waals surface area contributed by atoms with Gasteiger partial charge in [0.15, 0.2) is 0 Å². The lowest BCUT2D eigenvalue weighted by molar-refractivity contribution is -0.268. The van der Waals surface area contributed by atoms with Gasteiger partial charge in [0, 0.05) is 18.9 Å². The van der Waals surface area contributed by atoms with Crippen LogP contribution in [0.5, 0.6) is 0 Å². The van der Waals surface area contributed by atoms with E-state index in [1.54, 1.807) is 6.08 Å². The molecule has 2 aliphatic carbocycles. The highest BCUT2D eigenvalue weighted by Gasteiger charge is 2.14. The van der Waals surface area contributed by atoms with Crippen LogP contribution in [0, 0.1) is 0 Å². The predicted molar refractivity (Wildman–Crippen MR) is 171 cm³/mol. The van der Waals surface area contributed by atoms with Gasteiger partial charge in [-0.2, -0.15) is 4.89 Å². The molecule has 0 fully saturated rings. The van der Waals surface area contributed by atoms with E-state index in [-0.39, 0.29) is 6.61 Å². The maximum Gasteiger partial charge on any atom is 0.365 e. The molecule has 236 valence electrons. The van der Waals surface area contributed by atoms with Crippen LogP contribution in [0.15, 0.2) is 146 Å². The molecule has 0 unspecified atom stereocenters. The molecule has 44 heavy (non-hydrogen) atoms. The Bertz CT molecular complexity index is 1190. The highest BCUT2D eigenvalue weighted by atomic mass is 17.2. The second kappa shape index (κ2) is 25.7. The third-order valence-corrected chi connectivity index (χ3v) is 5.52. The Morgan fingerprint density at radius 3 is 1.86 bits per heavy atom. The average molecular weight is 607 g/mol. The van der Waals surface area contributed by atoms with Gasteiger partial charge in [0.05, 0.1) is 13.2 Å². The number of benzene rings is 1. The number of aliphatic hydroxyl groups excluding tert-OH is 1. The van der Waals surface area contributed by atoms with Crippen molar-refractivity contribution in [2.75, 3.05) is 19.8 Å². The van der Waals surface area contributed by atoms with Crippen molar-refractivity contribution in [1.82, 2.24) is 0 Å². The number of carbonyl (C=O) groups excluding carboxylic acids is 2. The van der Waals surface area contributed by atoms with Crippen LogP contribution in [-0.2, 0) is 33.6 Å². The van der Waals surface area contributed by atoms with Gasteiger partial charge in [0.2, 0.25) is 0 Å². The number of rotatable bonds is 14. The van der Waals surface area contributed by atoms with E-state index in [9.17, 15) is 9.59 Å². The van der Waals surface area contributed by atoms with Crippen LogP contribution in [-0.4, -0.2) is 48.4 Å². The fourth-order valence-electron chi connectivity index (χ4n) is 3.41. The summed E-state index contributed by atoms with van der Waals surface area (Å²) in [7, 11) is 0. The molecule has 0 atom stereocenters. The molecule has 9 heteroatoms. The third-order valence-electron chi connectivity index (χ3n) is 5.52. The minimum atomic E-state index is -1.19. The Morgan fingerprint density at radius 1 is 0.841 bits per heavy atom. The summed E-state index contributed by atoms with van der Waals surface area (Å²) in [6.07, 6.45) is 16.8. The van der Waals surface area contributed by atoms with Crippen molar-refractivity contribution >= 4 is 18.4 Å². The summed E-state index contributed by atoms with van der Waals surface area (Å²) in [6.45, 7) is 17.6. The molecule has 3 rings (SSSR count). The molecule has 2 N–H and O–H groups in total. The summed E-state index contributed by atoms with van der Waals surface area (Å²) in [5.41, 5.74) is 4.66. The maximum absolute atomic E-state index is 10.8. The monoisotopic (exact) mass is 606 g/mol. The summed E-state index contributed by atoms with van der Waals surface area (Å²) >= 11 is 0. The SMILES string of the molecule is C=C.C=CC(=O)OOCCCOC(=C)/C=C\C(=C)C1=CC=C(C2=CC=C(OC=O)CC2)CC1.O=C(O)CO.c1ccccc1. The van der Waals surface area contributed by atoms with Gasteiger partial charge in [-0.3, -0.25) is 9.68 Å². The Hall–Kier alpha value is -4.99. The number of aliphatic carboxylic acids is 1. The molecule has 0 aromatic heterocycles. The van der Waals surface area contributed by atoms with Gasteiger partial charge in [-0.05, 0) is 53.7 Å². The average Bonchev–Trinajstić information content (AvgIpc) is 3.08. The first-order valence-electron chi connectivity index (χ1n) is 13.7. The van der Waals surface area contributed by atoms with Crippen LogP contribution in [0.25, 0.3) is 0 Å². The number of aliphatic hydroxyl groups is 1. The van der Waals surface area contributed by atoms with E-state index in [2.05, 4.69) is 49.9 Å². The lowest BCUT2D eigenvalue weighted by Gasteiger charge is -2.20. The summed E-state index contributed by atoms with van der Waals surface area (Å²) in [5, 5.41) is 15.0. The lowest BCUT2D eigenvalue weighted by Crippen LogP contribution is -2.05. The van der Waals surface area contributed by atoms with Crippen LogP contribution >= 0.6 is 0 Å². The molecule has 0 radical (unpaired) electrons. The van der Waals surface area contributed by atoms with E-state index in [0.29, 0.717) is 31.0 Å². The van der Waals surface area contributed by atoms with E-state index >= 15 is 0 Å². The van der Waals surface area contributed by atoms with Crippen LogP contribution in [0.2, 0.25) is 0 Å². The van der Waals surface area contributed by atoms with Gasteiger partial charge in [-0.1, -0.05) is 80.4 Å². The first kappa shape index (κ1) is 39.0. The molecule has 1 aromatic carbocycles. The summed E-state index contributed by atoms with van der Waals surface area (Å²) in [6, 6.07) is 12.0. The zero-order valence-corrected chi connectivity index (χ0v) is 25.0. The molecular weight excluding hydrogens is 564 g/mol. The van der Waals surface area contributed by atoms with Crippen molar-refractivity contribution in [3.8, 4) is 0 Å². The van der Waals surface area contributed by atoms with Crippen LogP contribution in [0.1, 0.15) is 32.1 Å². The number of hydrogen-bond acceptors (Lipinski definition) is 8. The van der Waals surface area contributed by atoms with Crippen molar-refractivity contribution < 1.29 is 43.8 Å². The van der Waals surface area contributed by atoms with Gasteiger partial charge in [-0.15, -0.1) is 13.2 Å². The first-order chi connectivity index (χ1) is 21.3.